The third-order valence-electron chi connectivity index (χ3n) is 4.87. The molecule has 0 bridgehead atoms. The summed E-state index contributed by atoms with van der Waals surface area (Å²) in [6, 6.07) is 6.11. The Labute approximate surface area is 171 Å². The van der Waals surface area contributed by atoms with Gasteiger partial charge in [0.2, 0.25) is 10.0 Å². The largest absolute Gasteiger partial charge is 0.298 e. The number of nitrogens with one attached hydrogen (secondary N) is 1. The first kappa shape index (κ1) is 21.0. The van der Waals surface area contributed by atoms with Crippen LogP contribution in [0.4, 0.5) is 5.13 Å². The molecule has 28 heavy (non-hydrogen) atoms. The van der Waals surface area contributed by atoms with Crippen LogP contribution < -0.4 is 5.32 Å². The number of rotatable bonds is 4. The Morgan fingerprint density at radius 3 is 2.50 bits per heavy atom. The second-order valence-electron chi connectivity index (χ2n) is 8.38. The van der Waals surface area contributed by atoms with Crippen LogP contribution in [0.1, 0.15) is 56.6 Å². The lowest BCUT2D eigenvalue weighted by atomic mass is 9.93. The molecule has 1 atom stereocenters. The summed E-state index contributed by atoms with van der Waals surface area (Å²) in [4.78, 5) is 17.2. The van der Waals surface area contributed by atoms with E-state index in [4.69, 9.17) is 0 Å². The minimum absolute atomic E-state index is 0.0819. The van der Waals surface area contributed by atoms with Gasteiger partial charge in [-0.1, -0.05) is 27.7 Å². The van der Waals surface area contributed by atoms with Gasteiger partial charge in [-0.25, -0.2) is 13.4 Å². The van der Waals surface area contributed by atoms with Gasteiger partial charge in [0.15, 0.2) is 5.13 Å². The van der Waals surface area contributed by atoms with Crippen LogP contribution in [0.2, 0.25) is 0 Å². The molecule has 152 valence electrons. The number of anilines is 1. The fourth-order valence-electron chi connectivity index (χ4n) is 3.14. The molecule has 0 spiro atoms. The van der Waals surface area contributed by atoms with Crippen molar-refractivity contribution in [2.75, 3.05) is 18.4 Å². The summed E-state index contributed by atoms with van der Waals surface area (Å²) in [6.07, 6.45) is 1.93. The first-order chi connectivity index (χ1) is 13.1. The summed E-state index contributed by atoms with van der Waals surface area (Å²) in [7, 11) is -3.52. The Morgan fingerprint density at radius 2 is 1.93 bits per heavy atom. The fourth-order valence-corrected chi connectivity index (χ4v) is 5.67. The molecule has 0 unspecified atom stereocenters. The highest BCUT2D eigenvalue weighted by molar-refractivity contribution is 7.89. The summed E-state index contributed by atoms with van der Waals surface area (Å²) in [5.74, 6) is 0.0650. The van der Waals surface area contributed by atoms with Crippen molar-refractivity contribution in [3.05, 3.63) is 40.9 Å². The average Bonchev–Trinajstić information content (AvgIpc) is 3.11. The molecule has 3 rings (SSSR count). The number of sulfonamides is 1. The van der Waals surface area contributed by atoms with Gasteiger partial charge in [-0.3, -0.25) is 10.1 Å². The van der Waals surface area contributed by atoms with Crippen molar-refractivity contribution in [1.29, 1.82) is 0 Å². The van der Waals surface area contributed by atoms with E-state index in [0.717, 1.165) is 18.5 Å². The lowest BCUT2D eigenvalue weighted by molar-refractivity contribution is 0.102. The number of carbonyl (C=O) groups excluding carboxylic acids is 1. The molecule has 0 radical (unpaired) electrons. The molecule has 1 aliphatic heterocycles. The van der Waals surface area contributed by atoms with Crippen LogP contribution in [0.25, 0.3) is 0 Å². The lowest BCUT2D eigenvalue weighted by Gasteiger charge is -2.30. The molecule has 0 saturated carbocycles. The van der Waals surface area contributed by atoms with E-state index in [0.29, 0.717) is 29.7 Å². The van der Waals surface area contributed by atoms with Crippen molar-refractivity contribution >= 4 is 32.4 Å². The first-order valence-corrected chi connectivity index (χ1v) is 11.8. The highest BCUT2D eigenvalue weighted by Gasteiger charge is 2.28. The molecule has 8 heteroatoms. The quantitative estimate of drug-likeness (QED) is 0.806. The zero-order chi connectivity index (χ0) is 20.5. The van der Waals surface area contributed by atoms with Gasteiger partial charge in [0.1, 0.15) is 0 Å². The molecule has 1 aromatic carbocycles. The van der Waals surface area contributed by atoms with Crippen molar-refractivity contribution in [1.82, 2.24) is 9.29 Å². The van der Waals surface area contributed by atoms with Crippen LogP contribution in [0, 0.1) is 5.92 Å². The van der Waals surface area contributed by atoms with Gasteiger partial charge in [-0.05, 0) is 43.0 Å². The van der Waals surface area contributed by atoms with Gasteiger partial charge >= 0.3 is 0 Å². The zero-order valence-electron chi connectivity index (χ0n) is 16.7. The molecule has 1 aliphatic rings. The van der Waals surface area contributed by atoms with E-state index in [9.17, 15) is 13.2 Å². The molecular weight excluding hydrogens is 394 g/mol. The zero-order valence-corrected chi connectivity index (χ0v) is 18.4. The van der Waals surface area contributed by atoms with Gasteiger partial charge in [0.25, 0.3) is 5.91 Å². The molecule has 2 aromatic rings. The number of amides is 1. The SMILES string of the molecule is C[C@@H]1CCCN(S(=O)(=O)c2ccc(C(=O)Nc3nc(C(C)(C)C)cs3)cc2)C1. The van der Waals surface area contributed by atoms with E-state index in [1.807, 2.05) is 5.38 Å². The second-order valence-corrected chi connectivity index (χ2v) is 11.2. The van der Waals surface area contributed by atoms with Crippen LogP contribution >= 0.6 is 11.3 Å². The number of hydrogen-bond acceptors (Lipinski definition) is 5. The normalized spacial score (nSPS) is 18.8. The third-order valence-corrected chi connectivity index (χ3v) is 7.50. The third kappa shape index (κ3) is 4.61. The Bertz CT molecular complexity index is 944. The maximum absolute atomic E-state index is 12.8. The average molecular weight is 422 g/mol. The van der Waals surface area contributed by atoms with Crippen LogP contribution in [0.15, 0.2) is 34.5 Å². The molecule has 1 N–H and O–H groups in total. The van der Waals surface area contributed by atoms with Crippen molar-refractivity contribution < 1.29 is 13.2 Å². The monoisotopic (exact) mass is 421 g/mol. The van der Waals surface area contributed by atoms with Gasteiger partial charge in [0, 0.05) is 29.4 Å². The predicted octanol–water partition coefficient (Wildman–Crippen LogP) is 4.11. The summed E-state index contributed by atoms with van der Waals surface area (Å²) < 4.78 is 27.2. The number of benzene rings is 1. The maximum Gasteiger partial charge on any atom is 0.257 e. The number of nitrogens with zero attached hydrogens (tertiary/aromatic N) is 2. The number of piperidine rings is 1. The molecule has 1 saturated heterocycles. The molecule has 6 nitrogen and oxygen atoms in total. The summed E-state index contributed by atoms with van der Waals surface area (Å²) in [5.41, 5.74) is 1.24. The highest BCUT2D eigenvalue weighted by Crippen LogP contribution is 2.27. The topological polar surface area (TPSA) is 79.4 Å². The molecular formula is C20H27N3O3S2. The van der Waals surface area contributed by atoms with E-state index >= 15 is 0 Å². The van der Waals surface area contributed by atoms with Crippen molar-refractivity contribution in [2.24, 2.45) is 5.92 Å². The van der Waals surface area contributed by atoms with E-state index in [2.05, 4.69) is 38.0 Å². The second kappa shape index (κ2) is 7.93. The Morgan fingerprint density at radius 1 is 1.25 bits per heavy atom. The lowest BCUT2D eigenvalue weighted by Crippen LogP contribution is -2.39. The summed E-state index contributed by atoms with van der Waals surface area (Å²) in [5, 5.41) is 5.26. The minimum Gasteiger partial charge on any atom is -0.298 e. The Kier molecular flexibility index (Phi) is 5.93. The van der Waals surface area contributed by atoms with Crippen LogP contribution in [0.5, 0.6) is 0 Å². The van der Waals surface area contributed by atoms with Crippen molar-refractivity contribution in [3.8, 4) is 0 Å². The highest BCUT2D eigenvalue weighted by atomic mass is 32.2. The van der Waals surface area contributed by atoms with Gasteiger partial charge in [-0.15, -0.1) is 11.3 Å². The van der Waals surface area contributed by atoms with Gasteiger partial charge in [0.05, 0.1) is 10.6 Å². The van der Waals surface area contributed by atoms with Crippen LogP contribution in [0.3, 0.4) is 0 Å². The smallest absolute Gasteiger partial charge is 0.257 e. The molecule has 1 amide bonds. The fraction of sp³-hybridized carbons (Fsp3) is 0.500. The standard InChI is InChI=1S/C20H27N3O3S2/c1-14-6-5-11-23(12-14)28(25,26)16-9-7-15(8-10-16)18(24)22-19-21-17(13-27-19)20(2,3)4/h7-10,13-14H,5-6,11-12H2,1-4H3,(H,21,22,24)/t14-/m1/s1. The van der Waals surface area contributed by atoms with E-state index in [1.54, 1.807) is 16.4 Å². The molecule has 2 heterocycles. The Hall–Kier alpha value is -1.77. The minimum atomic E-state index is -3.52. The molecule has 0 aliphatic carbocycles. The predicted molar refractivity (Wildman–Crippen MR) is 112 cm³/mol. The van der Waals surface area contributed by atoms with Crippen LogP contribution in [-0.4, -0.2) is 36.7 Å². The summed E-state index contributed by atoms with van der Waals surface area (Å²) >= 11 is 1.38. The van der Waals surface area contributed by atoms with E-state index < -0.39 is 10.0 Å². The molecule has 1 fully saturated rings. The van der Waals surface area contributed by atoms with E-state index in [1.165, 1.54) is 23.5 Å². The van der Waals surface area contributed by atoms with Crippen LogP contribution in [-0.2, 0) is 15.4 Å². The van der Waals surface area contributed by atoms with Crippen molar-refractivity contribution in [3.63, 3.8) is 0 Å². The van der Waals surface area contributed by atoms with Gasteiger partial charge < -0.3 is 0 Å². The number of carbonyl (C=O) groups is 1. The Balaban J connectivity index is 1.71. The van der Waals surface area contributed by atoms with Crippen molar-refractivity contribution in [2.45, 2.75) is 50.8 Å². The molecule has 1 aromatic heterocycles. The number of hydrogen-bond donors (Lipinski definition) is 1. The van der Waals surface area contributed by atoms with Gasteiger partial charge in [-0.2, -0.15) is 4.31 Å². The number of aromatic nitrogens is 1. The summed E-state index contributed by atoms with van der Waals surface area (Å²) in [6.45, 7) is 9.36. The maximum atomic E-state index is 12.8. The first-order valence-electron chi connectivity index (χ1n) is 9.45. The number of thiazole rings is 1. The van der Waals surface area contributed by atoms with E-state index in [-0.39, 0.29) is 16.2 Å².